The Kier molecular flexibility index (Phi) is 6.21. The van der Waals surface area contributed by atoms with Gasteiger partial charge in [-0.1, -0.05) is 24.0 Å². The Bertz CT molecular complexity index is 1710. The van der Waals surface area contributed by atoms with E-state index in [0.717, 1.165) is 24.4 Å². The lowest BCUT2D eigenvalue weighted by molar-refractivity contribution is -0.142. The van der Waals surface area contributed by atoms with E-state index in [1.807, 2.05) is 0 Å². The van der Waals surface area contributed by atoms with Crippen molar-refractivity contribution in [3.63, 3.8) is 0 Å². The first-order valence-electron chi connectivity index (χ1n) is 9.73. The molecule has 0 saturated carbocycles. The van der Waals surface area contributed by atoms with Gasteiger partial charge in [0, 0.05) is 11.6 Å². The molecule has 0 bridgehead atoms. The molecular weight excluding hydrogens is 536 g/mol. The van der Waals surface area contributed by atoms with E-state index in [0.29, 0.717) is 22.7 Å². The average Bonchev–Trinajstić information content (AvgIpc) is 3.18. The fourth-order valence-electron chi connectivity index (χ4n) is 3.23. The summed E-state index contributed by atoms with van der Waals surface area (Å²) in [7, 11) is -4.60. The number of nitrogens with zero attached hydrogens (tertiary/aromatic N) is 3. The maximum atomic E-state index is 14.1. The zero-order valence-corrected chi connectivity index (χ0v) is 18.6. The van der Waals surface area contributed by atoms with Crippen LogP contribution in [0.3, 0.4) is 0 Å². The van der Waals surface area contributed by atoms with Gasteiger partial charge in [-0.05, 0) is 24.3 Å². The van der Waals surface area contributed by atoms with Gasteiger partial charge in [0.05, 0.1) is 28.6 Å². The molecule has 0 atom stereocenters. The second kappa shape index (κ2) is 8.82. The van der Waals surface area contributed by atoms with E-state index >= 15 is 0 Å². The predicted molar refractivity (Wildman–Crippen MR) is 112 cm³/mol. The van der Waals surface area contributed by atoms with Gasteiger partial charge in [0.2, 0.25) is 10.0 Å². The lowest BCUT2D eigenvalue weighted by Crippen LogP contribution is -2.14. The van der Waals surface area contributed by atoms with E-state index in [9.17, 15) is 43.5 Å². The maximum Gasteiger partial charge on any atom is 0.433 e. The summed E-state index contributed by atoms with van der Waals surface area (Å²) in [5.41, 5.74) is -4.79. The van der Waals surface area contributed by atoms with Crippen LogP contribution in [0.15, 0.2) is 53.6 Å². The summed E-state index contributed by atoms with van der Waals surface area (Å²) in [4.78, 5) is 2.90. The highest BCUT2D eigenvalue weighted by Crippen LogP contribution is 2.35. The molecule has 0 saturated heterocycles. The van der Waals surface area contributed by atoms with Gasteiger partial charge in [0.25, 0.3) is 0 Å². The van der Waals surface area contributed by atoms with Crippen molar-refractivity contribution in [2.45, 2.75) is 17.2 Å². The molecule has 2 aromatic heterocycles. The first kappa shape index (κ1) is 26.0. The minimum absolute atomic E-state index is 0.214. The first-order valence-corrected chi connectivity index (χ1v) is 11.3. The number of hydrogen-bond donors (Lipinski definition) is 1. The number of rotatable bonds is 2. The molecule has 0 fully saturated rings. The number of fused-ring (bicyclic) bond motifs is 1. The van der Waals surface area contributed by atoms with Crippen LogP contribution in [0.25, 0.3) is 16.9 Å². The lowest BCUT2D eigenvalue weighted by atomic mass is 10.1. The molecule has 4 aromatic rings. The molecule has 2 aromatic carbocycles. The van der Waals surface area contributed by atoms with Crippen molar-refractivity contribution in [1.29, 1.82) is 0 Å². The van der Waals surface area contributed by atoms with E-state index in [1.54, 1.807) is 0 Å². The molecule has 192 valence electrons. The van der Waals surface area contributed by atoms with Crippen LogP contribution in [-0.4, -0.2) is 23.0 Å². The summed E-state index contributed by atoms with van der Waals surface area (Å²) >= 11 is 0. The normalized spacial score (nSPS) is 12.5. The highest BCUT2D eigenvalue weighted by atomic mass is 32.2. The standard InChI is InChI=1S/C22H10F8N4O2S/c23-15-8-16(24)18(37(31,35)36)7-11(15)4-5-13-10-32-34-19(22(28,29)30)9-17(33-20(13)34)12-2-1-3-14(6-12)21(25,26)27/h1-3,6-10H,(H2,31,35,36). The Morgan fingerprint density at radius 1 is 0.865 bits per heavy atom. The van der Waals surface area contributed by atoms with Crippen molar-refractivity contribution >= 4 is 15.7 Å². The van der Waals surface area contributed by atoms with Crippen LogP contribution in [-0.2, 0) is 22.4 Å². The Balaban J connectivity index is 1.92. The third-order valence-corrected chi connectivity index (χ3v) is 5.83. The smallest absolute Gasteiger partial charge is 0.227 e. The zero-order valence-electron chi connectivity index (χ0n) is 17.8. The Morgan fingerprint density at radius 2 is 1.54 bits per heavy atom. The summed E-state index contributed by atoms with van der Waals surface area (Å²) in [5, 5.41) is 8.43. The molecule has 0 aliphatic heterocycles. The molecule has 0 amide bonds. The molecule has 37 heavy (non-hydrogen) atoms. The van der Waals surface area contributed by atoms with Crippen molar-refractivity contribution in [3.8, 4) is 23.1 Å². The second-order valence-corrected chi connectivity index (χ2v) is 8.98. The quantitative estimate of drug-likeness (QED) is 0.290. The van der Waals surface area contributed by atoms with E-state index in [1.165, 1.54) is 0 Å². The van der Waals surface area contributed by atoms with Gasteiger partial charge in [0.15, 0.2) is 11.3 Å². The highest BCUT2D eigenvalue weighted by Gasteiger charge is 2.36. The largest absolute Gasteiger partial charge is 0.433 e. The van der Waals surface area contributed by atoms with Crippen LogP contribution in [0.2, 0.25) is 0 Å². The summed E-state index contributed by atoms with van der Waals surface area (Å²) < 4.78 is 132. The Hall–Kier alpha value is -4.03. The zero-order chi connectivity index (χ0) is 27.3. The number of alkyl halides is 6. The summed E-state index contributed by atoms with van der Waals surface area (Å²) in [6, 6.07) is 4.68. The molecular formula is C22H10F8N4O2S. The van der Waals surface area contributed by atoms with E-state index < -0.39 is 67.1 Å². The minimum atomic E-state index is -5.01. The van der Waals surface area contributed by atoms with Crippen molar-refractivity contribution in [2.75, 3.05) is 0 Å². The molecule has 0 aliphatic rings. The van der Waals surface area contributed by atoms with Gasteiger partial charge in [0.1, 0.15) is 16.5 Å². The van der Waals surface area contributed by atoms with Gasteiger partial charge in [-0.2, -0.15) is 31.4 Å². The third-order valence-electron chi connectivity index (χ3n) is 4.91. The summed E-state index contributed by atoms with van der Waals surface area (Å²) in [6.07, 6.45) is -8.94. The predicted octanol–water partition coefficient (Wildman–Crippen LogP) is 4.76. The third kappa shape index (κ3) is 5.25. The molecule has 0 spiro atoms. The SMILES string of the molecule is NS(=O)(=O)c1cc(C#Cc2cnn3c(C(F)(F)F)cc(-c4cccc(C(F)(F)F)c4)nc23)c(F)cc1F. The number of benzene rings is 2. The molecule has 0 aliphatic carbocycles. The van der Waals surface area contributed by atoms with Crippen molar-refractivity contribution in [1.82, 2.24) is 14.6 Å². The van der Waals surface area contributed by atoms with E-state index in [-0.39, 0.29) is 17.2 Å². The molecule has 15 heteroatoms. The number of nitrogens with two attached hydrogens (primary N) is 1. The number of sulfonamides is 1. The van der Waals surface area contributed by atoms with Crippen LogP contribution in [0.5, 0.6) is 0 Å². The van der Waals surface area contributed by atoms with Gasteiger partial charge in [-0.15, -0.1) is 0 Å². The maximum absolute atomic E-state index is 14.1. The van der Waals surface area contributed by atoms with E-state index in [2.05, 4.69) is 21.9 Å². The Morgan fingerprint density at radius 3 is 2.16 bits per heavy atom. The number of hydrogen-bond acceptors (Lipinski definition) is 4. The van der Waals surface area contributed by atoms with Crippen LogP contribution in [0, 0.1) is 23.5 Å². The van der Waals surface area contributed by atoms with Crippen LogP contribution in [0.1, 0.15) is 22.4 Å². The van der Waals surface area contributed by atoms with Gasteiger partial charge in [-0.25, -0.2) is 31.8 Å². The van der Waals surface area contributed by atoms with E-state index in [4.69, 9.17) is 5.14 Å². The van der Waals surface area contributed by atoms with Gasteiger partial charge in [-0.3, -0.25) is 0 Å². The second-order valence-electron chi connectivity index (χ2n) is 7.45. The fourth-order valence-corrected chi connectivity index (χ4v) is 3.85. The first-order chi connectivity index (χ1) is 17.1. The summed E-state index contributed by atoms with van der Waals surface area (Å²) in [5.74, 6) is 1.66. The molecule has 0 radical (unpaired) electrons. The topological polar surface area (TPSA) is 90.4 Å². The highest BCUT2D eigenvalue weighted by molar-refractivity contribution is 7.89. The summed E-state index contributed by atoms with van der Waals surface area (Å²) in [6.45, 7) is 0. The van der Waals surface area contributed by atoms with Crippen molar-refractivity contribution in [2.24, 2.45) is 5.14 Å². The molecule has 2 N–H and O–H groups in total. The van der Waals surface area contributed by atoms with Crippen LogP contribution < -0.4 is 5.14 Å². The lowest BCUT2D eigenvalue weighted by Gasteiger charge is -2.12. The van der Waals surface area contributed by atoms with Gasteiger partial charge < -0.3 is 0 Å². The molecule has 6 nitrogen and oxygen atoms in total. The monoisotopic (exact) mass is 546 g/mol. The number of aromatic nitrogens is 3. The molecule has 4 rings (SSSR count). The van der Waals surface area contributed by atoms with Gasteiger partial charge >= 0.3 is 12.4 Å². The Labute approximate surface area is 202 Å². The van der Waals surface area contributed by atoms with Crippen LogP contribution >= 0.6 is 0 Å². The average molecular weight is 546 g/mol. The van der Waals surface area contributed by atoms with Crippen molar-refractivity contribution < 1.29 is 43.5 Å². The van der Waals surface area contributed by atoms with Crippen molar-refractivity contribution in [3.05, 3.63) is 82.7 Å². The fraction of sp³-hybridized carbons (Fsp3) is 0.0909. The molecule has 2 heterocycles. The minimum Gasteiger partial charge on any atom is -0.227 e. The van der Waals surface area contributed by atoms with Crippen LogP contribution in [0.4, 0.5) is 35.1 Å². The number of primary sulfonamides is 1. The number of halogens is 8. The molecule has 0 unspecified atom stereocenters.